The standard InChI is InChI=1S/C13H12O4/c1-17-11-4-2-3-10-9(11)6-5-8(13(10)16)7-12(14)15/h2-4,7H,5-6H2,1H3,(H,14,15)/b8-7-. The van der Waals surface area contributed by atoms with Crippen molar-refractivity contribution in [1.82, 2.24) is 0 Å². The molecule has 1 N–H and O–H groups in total. The Balaban J connectivity index is 2.47. The molecule has 0 saturated carbocycles. The lowest BCUT2D eigenvalue weighted by molar-refractivity contribution is -0.131. The van der Waals surface area contributed by atoms with Crippen LogP contribution in [0.25, 0.3) is 0 Å². The predicted octanol–water partition coefficient (Wildman–Crippen LogP) is 1.84. The Morgan fingerprint density at radius 1 is 1.41 bits per heavy atom. The molecule has 4 heteroatoms. The van der Waals surface area contributed by atoms with Crippen LogP contribution in [0, 0.1) is 0 Å². The number of carbonyl (C=O) groups excluding carboxylic acids is 1. The number of carboxylic acids is 1. The Morgan fingerprint density at radius 2 is 2.18 bits per heavy atom. The summed E-state index contributed by atoms with van der Waals surface area (Å²) in [6.07, 6.45) is 2.06. The predicted molar refractivity (Wildman–Crippen MR) is 61.4 cm³/mol. The second-order valence-corrected chi connectivity index (χ2v) is 3.82. The quantitative estimate of drug-likeness (QED) is 0.790. The first-order valence-corrected chi connectivity index (χ1v) is 5.27. The van der Waals surface area contributed by atoms with Crippen molar-refractivity contribution in [3.63, 3.8) is 0 Å². The molecule has 88 valence electrons. The Hall–Kier alpha value is -2.10. The molecule has 0 amide bonds. The first-order chi connectivity index (χ1) is 8.13. The second kappa shape index (κ2) is 4.41. The van der Waals surface area contributed by atoms with Gasteiger partial charge < -0.3 is 9.84 Å². The number of allylic oxidation sites excluding steroid dienone is 1. The highest BCUT2D eigenvalue weighted by atomic mass is 16.5. The second-order valence-electron chi connectivity index (χ2n) is 3.82. The average Bonchev–Trinajstić information content (AvgIpc) is 2.31. The van der Waals surface area contributed by atoms with Crippen LogP contribution in [0.5, 0.6) is 5.75 Å². The molecule has 1 aliphatic rings. The maximum atomic E-state index is 12.0. The minimum Gasteiger partial charge on any atom is -0.496 e. The van der Waals surface area contributed by atoms with E-state index in [4.69, 9.17) is 9.84 Å². The maximum absolute atomic E-state index is 12.0. The topological polar surface area (TPSA) is 63.6 Å². The molecule has 17 heavy (non-hydrogen) atoms. The zero-order valence-corrected chi connectivity index (χ0v) is 9.40. The summed E-state index contributed by atoms with van der Waals surface area (Å²) in [7, 11) is 1.56. The van der Waals surface area contributed by atoms with Gasteiger partial charge in [0.25, 0.3) is 0 Å². The number of carboxylic acid groups (broad SMARTS) is 1. The van der Waals surface area contributed by atoms with Gasteiger partial charge in [-0.15, -0.1) is 0 Å². The Morgan fingerprint density at radius 3 is 2.82 bits per heavy atom. The van der Waals surface area contributed by atoms with Crippen molar-refractivity contribution in [2.24, 2.45) is 0 Å². The molecular formula is C13H12O4. The molecule has 0 aromatic heterocycles. The summed E-state index contributed by atoms with van der Waals surface area (Å²) >= 11 is 0. The van der Waals surface area contributed by atoms with Gasteiger partial charge >= 0.3 is 5.97 Å². The highest BCUT2D eigenvalue weighted by Gasteiger charge is 2.24. The van der Waals surface area contributed by atoms with E-state index in [1.54, 1.807) is 25.3 Å². The van der Waals surface area contributed by atoms with Crippen LogP contribution in [-0.4, -0.2) is 24.0 Å². The van der Waals surface area contributed by atoms with Crippen molar-refractivity contribution in [3.8, 4) is 5.75 Å². The third kappa shape index (κ3) is 2.06. The van der Waals surface area contributed by atoms with Gasteiger partial charge in [-0.3, -0.25) is 4.79 Å². The van der Waals surface area contributed by atoms with E-state index >= 15 is 0 Å². The van der Waals surface area contributed by atoms with Crippen molar-refractivity contribution in [3.05, 3.63) is 41.0 Å². The van der Waals surface area contributed by atoms with Crippen LogP contribution in [0.1, 0.15) is 22.3 Å². The molecule has 2 rings (SSSR count). The zero-order chi connectivity index (χ0) is 12.4. The third-order valence-corrected chi connectivity index (χ3v) is 2.83. The van der Waals surface area contributed by atoms with Crippen LogP contribution in [-0.2, 0) is 11.2 Å². The SMILES string of the molecule is COc1cccc2c1CC/C(=C/C(=O)O)C2=O. The summed E-state index contributed by atoms with van der Waals surface area (Å²) in [4.78, 5) is 22.6. The first kappa shape index (κ1) is 11.4. The van der Waals surface area contributed by atoms with E-state index in [1.165, 1.54) is 0 Å². The molecule has 0 aliphatic heterocycles. The number of methoxy groups -OCH3 is 1. The maximum Gasteiger partial charge on any atom is 0.328 e. The number of ether oxygens (including phenoxy) is 1. The Bertz CT molecular complexity index is 514. The molecule has 0 bridgehead atoms. The van der Waals surface area contributed by atoms with E-state index in [0.29, 0.717) is 29.7 Å². The van der Waals surface area contributed by atoms with Gasteiger partial charge in [0, 0.05) is 22.8 Å². The number of aliphatic carboxylic acids is 1. The lowest BCUT2D eigenvalue weighted by atomic mass is 9.86. The van der Waals surface area contributed by atoms with Crippen molar-refractivity contribution < 1.29 is 19.4 Å². The highest BCUT2D eigenvalue weighted by molar-refractivity contribution is 6.13. The van der Waals surface area contributed by atoms with Gasteiger partial charge in [-0.2, -0.15) is 0 Å². The monoisotopic (exact) mass is 232 g/mol. The fourth-order valence-corrected chi connectivity index (χ4v) is 2.06. The van der Waals surface area contributed by atoms with E-state index in [1.807, 2.05) is 0 Å². The van der Waals surface area contributed by atoms with Crippen LogP contribution in [0.2, 0.25) is 0 Å². The summed E-state index contributed by atoms with van der Waals surface area (Å²) in [6, 6.07) is 5.24. The summed E-state index contributed by atoms with van der Waals surface area (Å²) in [5.41, 5.74) is 1.75. The van der Waals surface area contributed by atoms with E-state index in [9.17, 15) is 9.59 Å². The van der Waals surface area contributed by atoms with Gasteiger partial charge in [-0.1, -0.05) is 12.1 Å². The van der Waals surface area contributed by atoms with Crippen molar-refractivity contribution >= 4 is 11.8 Å². The first-order valence-electron chi connectivity index (χ1n) is 5.27. The number of Topliss-reactive ketones (excluding diaryl/α,β-unsaturated/α-hetero) is 1. The lowest BCUT2D eigenvalue weighted by Gasteiger charge is -2.19. The average molecular weight is 232 g/mol. The van der Waals surface area contributed by atoms with Crippen LogP contribution >= 0.6 is 0 Å². The number of carbonyl (C=O) groups is 2. The summed E-state index contributed by atoms with van der Waals surface area (Å²) in [5, 5.41) is 8.68. The van der Waals surface area contributed by atoms with Gasteiger partial charge in [0.2, 0.25) is 0 Å². The molecule has 0 heterocycles. The summed E-state index contributed by atoms with van der Waals surface area (Å²) in [5.74, 6) is -0.613. The Kier molecular flexibility index (Phi) is 2.95. The zero-order valence-electron chi connectivity index (χ0n) is 9.40. The van der Waals surface area contributed by atoms with Crippen LogP contribution in [0.15, 0.2) is 29.8 Å². The largest absolute Gasteiger partial charge is 0.496 e. The number of ketones is 1. The lowest BCUT2D eigenvalue weighted by Crippen LogP contribution is -2.16. The Labute approximate surface area is 98.5 Å². The fourth-order valence-electron chi connectivity index (χ4n) is 2.06. The van der Waals surface area contributed by atoms with E-state index < -0.39 is 5.97 Å². The normalized spacial score (nSPS) is 16.8. The molecule has 1 aromatic carbocycles. The molecule has 0 saturated heterocycles. The minimum absolute atomic E-state index is 0.215. The molecule has 0 fully saturated rings. The van der Waals surface area contributed by atoms with Crippen molar-refractivity contribution in [2.75, 3.05) is 7.11 Å². The summed E-state index contributed by atoms with van der Waals surface area (Å²) < 4.78 is 5.19. The molecular weight excluding hydrogens is 220 g/mol. The summed E-state index contributed by atoms with van der Waals surface area (Å²) in [6.45, 7) is 0. The van der Waals surface area contributed by atoms with Gasteiger partial charge in [0.05, 0.1) is 7.11 Å². The number of rotatable bonds is 2. The molecule has 0 spiro atoms. The number of hydrogen-bond acceptors (Lipinski definition) is 3. The van der Waals surface area contributed by atoms with E-state index in [0.717, 1.165) is 11.6 Å². The van der Waals surface area contributed by atoms with Crippen LogP contribution in [0.3, 0.4) is 0 Å². The highest BCUT2D eigenvalue weighted by Crippen LogP contribution is 2.31. The van der Waals surface area contributed by atoms with Crippen molar-refractivity contribution in [1.29, 1.82) is 0 Å². The molecule has 0 radical (unpaired) electrons. The van der Waals surface area contributed by atoms with Gasteiger partial charge in [0.15, 0.2) is 5.78 Å². The van der Waals surface area contributed by atoms with Crippen molar-refractivity contribution in [2.45, 2.75) is 12.8 Å². The number of fused-ring (bicyclic) bond motifs is 1. The van der Waals surface area contributed by atoms with Crippen LogP contribution < -0.4 is 4.74 Å². The molecule has 4 nitrogen and oxygen atoms in total. The molecule has 1 aliphatic carbocycles. The fraction of sp³-hybridized carbons (Fsp3) is 0.231. The number of benzene rings is 1. The van der Waals surface area contributed by atoms with Gasteiger partial charge in [-0.05, 0) is 18.9 Å². The van der Waals surface area contributed by atoms with E-state index in [-0.39, 0.29) is 5.78 Å². The smallest absolute Gasteiger partial charge is 0.328 e. The number of hydrogen-bond donors (Lipinski definition) is 1. The third-order valence-electron chi connectivity index (χ3n) is 2.83. The van der Waals surface area contributed by atoms with Gasteiger partial charge in [0.1, 0.15) is 5.75 Å². The molecule has 0 unspecified atom stereocenters. The van der Waals surface area contributed by atoms with Gasteiger partial charge in [-0.25, -0.2) is 4.79 Å². The van der Waals surface area contributed by atoms with E-state index in [2.05, 4.69) is 0 Å². The minimum atomic E-state index is -1.08. The molecule has 0 atom stereocenters. The van der Waals surface area contributed by atoms with Crippen LogP contribution in [0.4, 0.5) is 0 Å². The molecule has 1 aromatic rings.